The topological polar surface area (TPSA) is 72.2 Å². The number of anilines is 1. The van der Waals surface area contributed by atoms with Crippen LogP contribution in [-0.4, -0.2) is 26.3 Å². The third kappa shape index (κ3) is 2.92. The van der Waals surface area contributed by atoms with E-state index >= 15 is 0 Å². The second kappa shape index (κ2) is 5.13. The highest BCUT2D eigenvalue weighted by molar-refractivity contribution is 7.91. The van der Waals surface area contributed by atoms with Crippen LogP contribution in [0.5, 0.6) is 0 Å². The van der Waals surface area contributed by atoms with E-state index in [1.54, 1.807) is 19.1 Å². The predicted molar refractivity (Wildman–Crippen MR) is 78.0 cm³/mol. The minimum Gasteiger partial charge on any atom is -0.377 e. The van der Waals surface area contributed by atoms with E-state index in [0.29, 0.717) is 23.0 Å². The van der Waals surface area contributed by atoms with Crippen molar-refractivity contribution in [2.45, 2.75) is 37.1 Å². The van der Waals surface area contributed by atoms with Crippen LogP contribution < -0.4 is 11.1 Å². The van der Waals surface area contributed by atoms with Gasteiger partial charge in [0, 0.05) is 12.1 Å². The van der Waals surface area contributed by atoms with Gasteiger partial charge in [-0.25, -0.2) is 8.42 Å². The van der Waals surface area contributed by atoms with E-state index in [9.17, 15) is 8.42 Å². The van der Waals surface area contributed by atoms with Crippen molar-refractivity contribution in [1.29, 1.82) is 0 Å². The lowest BCUT2D eigenvalue weighted by molar-refractivity contribution is 0.458. The maximum Gasteiger partial charge on any atom is 0.180 e. The molecule has 5 heteroatoms. The van der Waals surface area contributed by atoms with Gasteiger partial charge in [-0.05, 0) is 37.8 Å². The summed E-state index contributed by atoms with van der Waals surface area (Å²) >= 11 is 0. The van der Waals surface area contributed by atoms with Gasteiger partial charge in [-0.15, -0.1) is 0 Å². The molecular weight excluding hydrogens is 260 g/mol. The van der Waals surface area contributed by atoms with Crippen LogP contribution in [0.1, 0.15) is 26.7 Å². The van der Waals surface area contributed by atoms with Gasteiger partial charge < -0.3 is 11.1 Å². The average Bonchev–Trinajstić information content (AvgIpc) is 3.23. The van der Waals surface area contributed by atoms with E-state index in [2.05, 4.69) is 12.2 Å². The summed E-state index contributed by atoms with van der Waals surface area (Å²) in [7, 11) is -3.22. The summed E-state index contributed by atoms with van der Waals surface area (Å²) in [6.45, 7) is 4.23. The van der Waals surface area contributed by atoms with Gasteiger partial charge in [0.05, 0.1) is 16.3 Å². The number of sulfone groups is 1. The molecular formula is C14H22N2O2S. The summed E-state index contributed by atoms with van der Waals surface area (Å²) in [4.78, 5) is 0.373. The number of benzene rings is 1. The quantitative estimate of drug-likeness (QED) is 0.837. The summed E-state index contributed by atoms with van der Waals surface area (Å²) < 4.78 is 24.2. The first-order chi connectivity index (χ1) is 8.93. The molecule has 106 valence electrons. The molecule has 0 radical (unpaired) electrons. The monoisotopic (exact) mass is 282 g/mol. The van der Waals surface area contributed by atoms with Crippen molar-refractivity contribution in [2.75, 3.05) is 17.6 Å². The molecule has 19 heavy (non-hydrogen) atoms. The van der Waals surface area contributed by atoms with Gasteiger partial charge in [-0.3, -0.25) is 0 Å². The van der Waals surface area contributed by atoms with E-state index in [0.717, 1.165) is 12.8 Å². The molecule has 1 aliphatic carbocycles. The molecule has 0 aliphatic heterocycles. The van der Waals surface area contributed by atoms with Crippen LogP contribution in [0.25, 0.3) is 0 Å². The molecule has 1 aromatic carbocycles. The molecule has 3 N–H and O–H groups in total. The van der Waals surface area contributed by atoms with E-state index in [1.807, 2.05) is 12.1 Å². The van der Waals surface area contributed by atoms with Gasteiger partial charge in [0.1, 0.15) is 0 Å². The lowest BCUT2D eigenvalue weighted by Crippen LogP contribution is -2.45. The van der Waals surface area contributed by atoms with Crippen molar-refractivity contribution in [3.8, 4) is 0 Å². The largest absolute Gasteiger partial charge is 0.377 e. The zero-order valence-corrected chi connectivity index (χ0v) is 12.3. The maximum absolute atomic E-state index is 12.1. The molecule has 1 saturated carbocycles. The van der Waals surface area contributed by atoms with Gasteiger partial charge >= 0.3 is 0 Å². The van der Waals surface area contributed by atoms with Crippen molar-refractivity contribution in [3.05, 3.63) is 24.3 Å². The molecule has 1 aliphatic rings. The number of para-hydroxylation sites is 1. The highest BCUT2D eigenvalue weighted by Gasteiger charge is 2.41. The SMILES string of the molecule is CCS(=O)(=O)c1ccccc1NC(C)(CN)C1CC1. The van der Waals surface area contributed by atoms with Gasteiger partial charge in [-0.1, -0.05) is 19.1 Å². The van der Waals surface area contributed by atoms with Gasteiger partial charge in [0.15, 0.2) is 9.84 Å². The summed E-state index contributed by atoms with van der Waals surface area (Å²) in [6.07, 6.45) is 2.31. The molecule has 4 nitrogen and oxygen atoms in total. The molecule has 0 saturated heterocycles. The number of hydrogen-bond donors (Lipinski definition) is 2. The zero-order chi connectivity index (χ0) is 14.1. The summed E-state index contributed by atoms with van der Waals surface area (Å²) in [6, 6.07) is 7.08. The number of nitrogens with two attached hydrogens (primary N) is 1. The fourth-order valence-corrected chi connectivity index (χ4v) is 3.40. The van der Waals surface area contributed by atoms with Gasteiger partial charge in [0.2, 0.25) is 0 Å². The standard InChI is InChI=1S/C14H22N2O2S/c1-3-19(17,18)13-7-5-4-6-12(13)16-14(2,10-15)11-8-9-11/h4-7,11,16H,3,8-10,15H2,1-2H3. The number of nitrogens with one attached hydrogen (secondary N) is 1. The molecule has 1 aromatic rings. The molecule has 0 aromatic heterocycles. The van der Waals surface area contributed by atoms with Gasteiger partial charge in [0.25, 0.3) is 0 Å². The molecule has 0 amide bonds. The lowest BCUT2D eigenvalue weighted by Gasteiger charge is -2.31. The molecule has 1 unspecified atom stereocenters. The minimum atomic E-state index is -3.22. The number of rotatable bonds is 6. The predicted octanol–water partition coefficient (Wildman–Crippen LogP) is 2.02. The highest BCUT2D eigenvalue weighted by atomic mass is 32.2. The first kappa shape index (κ1) is 14.3. The summed E-state index contributed by atoms with van der Waals surface area (Å²) in [5, 5.41) is 3.37. The van der Waals surface area contributed by atoms with Crippen LogP contribution in [0.4, 0.5) is 5.69 Å². The fraction of sp³-hybridized carbons (Fsp3) is 0.571. The first-order valence-corrected chi connectivity index (χ1v) is 8.38. The summed E-state index contributed by atoms with van der Waals surface area (Å²) in [5.74, 6) is 0.643. The molecule has 2 rings (SSSR count). The van der Waals surface area contributed by atoms with Crippen molar-refractivity contribution in [1.82, 2.24) is 0 Å². The normalized spacial score (nSPS) is 18.9. The average molecular weight is 282 g/mol. The molecule has 0 heterocycles. The Kier molecular flexibility index (Phi) is 3.87. The van der Waals surface area contributed by atoms with Crippen LogP contribution in [0.3, 0.4) is 0 Å². The lowest BCUT2D eigenvalue weighted by atomic mass is 9.95. The Labute approximate surface area is 115 Å². The van der Waals surface area contributed by atoms with E-state index in [1.165, 1.54) is 0 Å². The Morgan fingerprint density at radius 1 is 1.37 bits per heavy atom. The zero-order valence-electron chi connectivity index (χ0n) is 11.5. The third-order valence-electron chi connectivity index (χ3n) is 3.92. The Morgan fingerprint density at radius 2 is 2.00 bits per heavy atom. The summed E-state index contributed by atoms with van der Waals surface area (Å²) in [5.41, 5.74) is 6.32. The van der Waals surface area contributed by atoms with E-state index in [4.69, 9.17) is 5.73 Å². The first-order valence-electron chi connectivity index (χ1n) is 6.73. The van der Waals surface area contributed by atoms with Crippen LogP contribution >= 0.6 is 0 Å². The molecule has 1 atom stereocenters. The Morgan fingerprint density at radius 3 is 2.53 bits per heavy atom. The maximum atomic E-state index is 12.1. The Hall–Kier alpha value is -1.07. The highest BCUT2D eigenvalue weighted by Crippen LogP contribution is 2.41. The second-order valence-corrected chi connectivity index (χ2v) is 7.67. The Balaban J connectivity index is 2.35. The smallest absolute Gasteiger partial charge is 0.180 e. The molecule has 1 fully saturated rings. The molecule has 0 spiro atoms. The van der Waals surface area contributed by atoms with Crippen LogP contribution in [0, 0.1) is 5.92 Å². The van der Waals surface area contributed by atoms with E-state index < -0.39 is 9.84 Å². The van der Waals surface area contributed by atoms with Gasteiger partial charge in [-0.2, -0.15) is 0 Å². The Bertz CT molecular complexity index is 552. The third-order valence-corrected chi connectivity index (χ3v) is 5.71. The second-order valence-electron chi connectivity index (χ2n) is 5.42. The van der Waals surface area contributed by atoms with E-state index in [-0.39, 0.29) is 11.3 Å². The number of hydrogen-bond acceptors (Lipinski definition) is 4. The van der Waals surface area contributed by atoms with Crippen LogP contribution in [-0.2, 0) is 9.84 Å². The van der Waals surface area contributed by atoms with Crippen molar-refractivity contribution in [2.24, 2.45) is 11.7 Å². The molecule has 0 bridgehead atoms. The minimum absolute atomic E-state index is 0.106. The van der Waals surface area contributed by atoms with Crippen molar-refractivity contribution >= 4 is 15.5 Å². The van der Waals surface area contributed by atoms with Crippen molar-refractivity contribution < 1.29 is 8.42 Å². The van der Waals surface area contributed by atoms with Crippen molar-refractivity contribution in [3.63, 3.8) is 0 Å². The van der Waals surface area contributed by atoms with Crippen LogP contribution in [0.2, 0.25) is 0 Å². The fourth-order valence-electron chi connectivity index (χ4n) is 2.34. The van der Waals surface area contributed by atoms with Crippen LogP contribution in [0.15, 0.2) is 29.2 Å².